The smallest absolute Gasteiger partial charge is 0.247 e. The molecule has 112 valence electrons. The lowest BCUT2D eigenvalue weighted by molar-refractivity contribution is -0.122. The van der Waals surface area contributed by atoms with Gasteiger partial charge in [-0.2, -0.15) is 0 Å². The number of fused-ring (bicyclic) bond motifs is 1. The lowest BCUT2D eigenvalue weighted by atomic mass is 9.49. The summed E-state index contributed by atoms with van der Waals surface area (Å²) >= 11 is 0. The van der Waals surface area contributed by atoms with Crippen molar-refractivity contribution in [3.63, 3.8) is 0 Å². The number of carbonyl (C=O) groups is 1. The number of rotatable bonds is 4. The quantitative estimate of drug-likeness (QED) is 0.893. The number of allylic oxidation sites excluding steroid dienone is 1. The zero-order chi connectivity index (χ0) is 15.0. The molecule has 0 aromatic heterocycles. The van der Waals surface area contributed by atoms with Crippen molar-refractivity contribution in [1.82, 2.24) is 5.32 Å². The Labute approximate surface area is 126 Å². The monoisotopic (exact) mass is 285 g/mol. The molecule has 2 N–H and O–H groups in total. The van der Waals surface area contributed by atoms with Gasteiger partial charge in [-0.3, -0.25) is 4.79 Å². The molecule has 1 saturated carbocycles. The average Bonchev–Trinajstić information content (AvgIpc) is 2.53. The van der Waals surface area contributed by atoms with Crippen molar-refractivity contribution in [2.24, 2.45) is 17.3 Å². The maximum absolute atomic E-state index is 12.6. The molecule has 2 bridgehead atoms. The van der Waals surface area contributed by atoms with Gasteiger partial charge in [0.2, 0.25) is 5.91 Å². The van der Waals surface area contributed by atoms with Crippen LogP contribution in [0.25, 0.3) is 0 Å². The fourth-order valence-electron chi connectivity index (χ4n) is 3.77. The van der Waals surface area contributed by atoms with E-state index in [0.29, 0.717) is 5.92 Å². The second-order valence-electron chi connectivity index (χ2n) is 6.82. The molecule has 0 radical (unpaired) electrons. The number of aliphatic hydroxyl groups is 1. The normalized spacial score (nSPS) is 27.3. The Balaban J connectivity index is 1.73. The van der Waals surface area contributed by atoms with Crippen LogP contribution in [0.4, 0.5) is 0 Å². The summed E-state index contributed by atoms with van der Waals surface area (Å²) in [5.74, 6) is 1.07. The van der Waals surface area contributed by atoms with Crippen molar-refractivity contribution in [2.45, 2.75) is 32.7 Å². The lowest BCUT2D eigenvalue weighted by Gasteiger charge is -2.56. The molecule has 1 aromatic carbocycles. The Morgan fingerprint density at radius 2 is 2.10 bits per heavy atom. The van der Waals surface area contributed by atoms with E-state index in [1.54, 1.807) is 0 Å². The predicted molar refractivity (Wildman–Crippen MR) is 82.5 cm³/mol. The minimum Gasteiger partial charge on any atom is -0.394 e. The summed E-state index contributed by atoms with van der Waals surface area (Å²) in [7, 11) is 0. The Morgan fingerprint density at radius 3 is 2.67 bits per heavy atom. The van der Waals surface area contributed by atoms with Gasteiger partial charge in [0.25, 0.3) is 0 Å². The van der Waals surface area contributed by atoms with Gasteiger partial charge in [-0.25, -0.2) is 0 Å². The maximum Gasteiger partial charge on any atom is 0.247 e. The molecule has 1 fully saturated rings. The molecular formula is C18H23NO2. The van der Waals surface area contributed by atoms with Gasteiger partial charge in [0.05, 0.1) is 12.6 Å². The van der Waals surface area contributed by atoms with Gasteiger partial charge in [0, 0.05) is 5.57 Å². The molecule has 3 atom stereocenters. The van der Waals surface area contributed by atoms with Crippen molar-refractivity contribution in [3.05, 3.63) is 47.5 Å². The summed E-state index contributed by atoms with van der Waals surface area (Å²) in [5.41, 5.74) is 2.09. The van der Waals surface area contributed by atoms with E-state index in [1.165, 1.54) is 0 Å². The molecule has 3 aliphatic carbocycles. The molecule has 3 heteroatoms. The van der Waals surface area contributed by atoms with Gasteiger partial charge >= 0.3 is 0 Å². The third-order valence-electron chi connectivity index (χ3n) is 5.42. The van der Waals surface area contributed by atoms with Gasteiger partial charge in [-0.15, -0.1) is 0 Å². The van der Waals surface area contributed by atoms with Gasteiger partial charge < -0.3 is 10.4 Å². The Kier molecular flexibility index (Phi) is 3.62. The predicted octanol–water partition coefficient (Wildman–Crippen LogP) is 2.83. The summed E-state index contributed by atoms with van der Waals surface area (Å²) in [6, 6.07) is 9.30. The van der Waals surface area contributed by atoms with Crippen LogP contribution in [-0.2, 0) is 4.79 Å². The number of carbonyl (C=O) groups excluding carboxylic acids is 1. The highest BCUT2D eigenvalue weighted by molar-refractivity contribution is 5.95. The van der Waals surface area contributed by atoms with Gasteiger partial charge in [-0.1, -0.05) is 50.3 Å². The maximum atomic E-state index is 12.6. The minimum atomic E-state index is -0.333. The fraction of sp³-hybridized carbons (Fsp3) is 0.500. The van der Waals surface area contributed by atoms with Crippen LogP contribution in [0.3, 0.4) is 0 Å². The fourth-order valence-corrected chi connectivity index (χ4v) is 3.77. The second kappa shape index (κ2) is 5.30. The molecule has 0 spiro atoms. The number of aliphatic hydroxyl groups excluding tert-OH is 1. The van der Waals surface area contributed by atoms with Crippen LogP contribution in [0.5, 0.6) is 0 Å². The van der Waals surface area contributed by atoms with Crippen LogP contribution in [-0.4, -0.2) is 17.6 Å². The Hall–Kier alpha value is -1.61. The topological polar surface area (TPSA) is 49.3 Å². The molecule has 4 rings (SSSR count). The summed E-state index contributed by atoms with van der Waals surface area (Å²) < 4.78 is 0. The summed E-state index contributed by atoms with van der Waals surface area (Å²) in [6.07, 6.45) is 4.22. The first kappa shape index (κ1) is 14.3. The highest BCUT2D eigenvalue weighted by Gasteiger charge is 2.52. The number of hydrogen-bond acceptors (Lipinski definition) is 2. The first-order valence-corrected chi connectivity index (χ1v) is 7.70. The molecular weight excluding hydrogens is 262 g/mol. The molecule has 0 heterocycles. The third kappa shape index (κ3) is 2.40. The number of benzene rings is 1. The summed E-state index contributed by atoms with van der Waals surface area (Å²) in [5, 5.41) is 12.6. The van der Waals surface area contributed by atoms with Crippen LogP contribution >= 0.6 is 0 Å². The first-order chi connectivity index (χ1) is 10.0. The van der Waals surface area contributed by atoms with Gasteiger partial charge in [0.1, 0.15) is 0 Å². The molecule has 1 amide bonds. The van der Waals surface area contributed by atoms with Crippen molar-refractivity contribution in [3.8, 4) is 0 Å². The van der Waals surface area contributed by atoms with Crippen LogP contribution < -0.4 is 5.32 Å². The number of nitrogens with one attached hydrogen (secondary N) is 1. The zero-order valence-corrected chi connectivity index (χ0v) is 12.7. The van der Waals surface area contributed by atoms with Crippen molar-refractivity contribution in [1.29, 1.82) is 0 Å². The second-order valence-corrected chi connectivity index (χ2v) is 6.82. The molecule has 3 nitrogen and oxygen atoms in total. The zero-order valence-electron chi connectivity index (χ0n) is 12.7. The van der Waals surface area contributed by atoms with Crippen molar-refractivity contribution < 1.29 is 9.90 Å². The first-order valence-electron chi connectivity index (χ1n) is 7.70. The highest BCUT2D eigenvalue weighted by Crippen LogP contribution is 2.59. The molecule has 0 unspecified atom stereocenters. The number of hydrogen-bond donors (Lipinski definition) is 2. The average molecular weight is 285 g/mol. The minimum absolute atomic E-state index is 0.0193. The number of amides is 1. The van der Waals surface area contributed by atoms with E-state index in [0.717, 1.165) is 29.9 Å². The highest BCUT2D eigenvalue weighted by atomic mass is 16.3. The Morgan fingerprint density at radius 1 is 1.38 bits per heavy atom. The SMILES string of the molecule is CC1(C)[C@H]2CC=C(C(=O)N[C@H](CO)c3ccccc3)[C@@H]1C2. The van der Waals surface area contributed by atoms with Gasteiger partial charge in [0.15, 0.2) is 0 Å². The van der Waals surface area contributed by atoms with Crippen LogP contribution in [0.1, 0.15) is 38.3 Å². The molecule has 3 aliphatic rings. The summed E-state index contributed by atoms with van der Waals surface area (Å²) in [4.78, 5) is 12.6. The van der Waals surface area contributed by atoms with Crippen LogP contribution in [0, 0.1) is 17.3 Å². The van der Waals surface area contributed by atoms with Crippen molar-refractivity contribution >= 4 is 5.91 Å². The van der Waals surface area contributed by atoms with Crippen molar-refractivity contribution in [2.75, 3.05) is 6.61 Å². The van der Waals surface area contributed by atoms with E-state index in [4.69, 9.17) is 0 Å². The summed E-state index contributed by atoms with van der Waals surface area (Å²) in [6.45, 7) is 4.43. The van der Waals surface area contributed by atoms with E-state index in [1.807, 2.05) is 30.3 Å². The molecule has 1 aromatic rings. The Bertz CT molecular complexity index is 562. The standard InChI is InChI=1S/C18H23NO2/c1-18(2)13-8-9-14(15(18)10-13)17(21)19-16(11-20)12-6-4-3-5-7-12/h3-7,9,13,15-16,20H,8,10-11H2,1-2H3,(H,19,21)/t13-,15-,16+/m0/s1. The van der Waals surface area contributed by atoms with Gasteiger partial charge in [-0.05, 0) is 35.7 Å². The molecule has 21 heavy (non-hydrogen) atoms. The lowest BCUT2D eigenvalue weighted by Crippen LogP contribution is -2.51. The van der Waals surface area contributed by atoms with E-state index in [-0.39, 0.29) is 24.0 Å². The van der Waals surface area contributed by atoms with Crippen LogP contribution in [0.2, 0.25) is 0 Å². The third-order valence-corrected chi connectivity index (χ3v) is 5.42. The van der Waals surface area contributed by atoms with E-state index >= 15 is 0 Å². The molecule has 0 aliphatic heterocycles. The van der Waals surface area contributed by atoms with E-state index in [9.17, 15) is 9.90 Å². The van der Waals surface area contributed by atoms with Crippen LogP contribution in [0.15, 0.2) is 42.0 Å². The van der Waals surface area contributed by atoms with E-state index < -0.39 is 0 Å². The molecule has 0 saturated heterocycles. The largest absolute Gasteiger partial charge is 0.394 e. The van der Waals surface area contributed by atoms with E-state index in [2.05, 4.69) is 25.2 Å².